The summed E-state index contributed by atoms with van der Waals surface area (Å²) in [5.74, 6) is -1.52. The van der Waals surface area contributed by atoms with Crippen molar-refractivity contribution >= 4 is 39.2 Å². The van der Waals surface area contributed by atoms with E-state index in [1.54, 1.807) is 36.4 Å². The first-order valence-electron chi connectivity index (χ1n) is 11.2. The van der Waals surface area contributed by atoms with Gasteiger partial charge in [0.05, 0.1) is 22.5 Å². The first kappa shape index (κ1) is 23.3. The van der Waals surface area contributed by atoms with Gasteiger partial charge in [-0.25, -0.2) is 19.2 Å². The maximum Gasteiger partial charge on any atom is 0.339 e. The van der Waals surface area contributed by atoms with E-state index in [9.17, 15) is 14.0 Å². The number of esters is 1. The standard InChI is InChI=1S/C28H20FN3O3S/c1-17(26(33)32-28-31-25(16-36-28)18-7-3-2-4-8-18)35-27(34)22-15-24(19-11-13-20(29)14-12-19)30-23-10-6-5-9-21(22)23/h2-17H,1H3,(H,31,32,33). The fourth-order valence-corrected chi connectivity index (χ4v) is 4.39. The van der Waals surface area contributed by atoms with Crippen LogP contribution < -0.4 is 5.32 Å². The van der Waals surface area contributed by atoms with Gasteiger partial charge in [-0.15, -0.1) is 11.3 Å². The van der Waals surface area contributed by atoms with Gasteiger partial charge in [0, 0.05) is 21.9 Å². The summed E-state index contributed by atoms with van der Waals surface area (Å²) in [5.41, 5.74) is 3.68. The van der Waals surface area contributed by atoms with E-state index in [-0.39, 0.29) is 11.4 Å². The van der Waals surface area contributed by atoms with E-state index in [4.69, 9.17) is 4.74 Å². The van der Waals surface area contributed by atoms with E-state index in [1.807, 2.05) is 41.8 Å². The van der Waals surface area contributed by atoms with E-state index in [1.165, 1.54) is 30.4 Å². The fraction of sp³-hybridized carbons (Fsp3) is 0.0714. The molecule has 3 aromatic carbocycles. The van der Waals surface area contributed by atoms with Crippen molar-refractivity contribution in [1.82, 2.24) is 9.97 Å². The van der Waals surface area contributed by atoms with Gasteiger partial charge in [-0.3, -0.25) is 10.1 Å². The molecule has 6 nitrogen and oxygen atoms in total. The van der Waals surface area contributed by atoms with E-state index >= 15 is 0 Å². The number of nitrogens with zero attached hydrogens (tertiary/aromatic N) is 2. The number of amides is 1. The molecule has 36 heavy (non-hydrogen) atoms. The van der Waals surface area contributed by atoms with Gasteiger partial charge in [0.1, 0.15) is 5.82 Å². The van der Waals surface area contributed by atoms with Crippen molar-refractivity contribution in [1.29, 1.82) is 0 Å². The Morgan fingerprint density at radius 3 is 2.36 bits per heavy atom. The summed E-state index contributed by atoms with van der Waals surface area (Å²) >= 11 is 1.29. The zero-order valence-corrected chi connectivity index (χ0v) is 20.0. The quantitative estimate of drug-likeness (QED) is 0.277. The highest BCUT2D eigenvalue weighted by Crippen LogP contribution is 2.27. The molecule has 1 N–H and O–H groups in total. The predicted octanol–water partition coefficient (Wildman–Crippen LogP) is 6.35. The van der Waals surface area contributed by atoms with Crippen LogP contribution in [0.25, 0.3) is 33.4 Å². The number of benzene rings is 3. The highest BCUT2D eigenvalue weighted by Gasteiger charge is 2.22. The number of carbonyl (C=O) groups excluding carboxylic acids is 2. The zero-order chi connectivity index (χ0) is 25.1. The number of hydrogen-bond acceptors (Lipinski definition) is 6. The summed E-state index contributed by atoms with van der Waals surface area (Å²) in [7, 11) is 0. The Bertz CT molecular complexity index is 1550. The van der Waals surface area contributed by atoms with Gasteiger partial charge in [0.2, 0.25) is 0 Å². The molecule has 1 unspecified atom stereocenters. The highest BCUT2D eigenvalue weighted by atomic mass is 32.1. The third kappa shape index (κ3) is 4.99. The Morgan fingerprint density at radius 1 is 0.889 bits per heavy atom. The van der Waals surface area contributed by atoms with Crippen molar-refractivity contribution in [3.8, 4) is 22.5 Å². The van der Waals surface area contributed by atoms with E-state index in [2.05, 4.69) is 15.3 Å². The summed E-state index contributed by atoms with van der Waals surface area (Å²) in [6, 6.07) is 24.2. The smallest absolute Gasteiger partial charge is 0.339 e. The van der Waals surface area contributed by atoms with E-state index in [0.717, 1.165) is 11.3 Å². The number of ether oxygens (including phenoxy) is 1. The molecule has 0 aliphatic heterocycles. The Kier molecular flexibility index (Phi) is 6.51. The number of para-hydroxylation sites is 1. The second-order valence-electron chi connectivity index (χ2n) is 8.02. The number of hydrogen-bond donors (Lipinski definition) is 1. The van der Waals surface area contributed by atoms with Crippen LogP contribution in [0.15, 0.2) is 90.3 Å². The molecule has 2 heterocycles. The Morgan fingerprint density at radius 2 is 1.58 bits per heavy atom. The Labute approximate surface area is 210 Å². The van der Waals surface area contributed by atoms with Crippen LogP contribution in [0.3, 0.4) is 0 Å². The van der Waals surface area contributed by atoms with Crippen molar-refractivity contribution in [3.63, 3.8) is 0 Å². The van der Waals surface area contributed by atoms with Crippen LogP contribution in [0.2, 0.25) is 0 Å². The minimum atomic E-state index is -1.07. The number of anilines is 1. The summed E-state index contributed by atoms with van der Waals surface area (Å²) < 4.78 is 18.9. The average molecular weight is 498 g/mol. The summed E-state index contributed by atoms with van der Waals surface area (Å²) in [4.78, 5) is 34.9. The number of fused-ring (bicyclic) bond motifs is 1. The van der Waals surface area contributed by atoms with Crippen molar-refractivity contribution in [3.05, 3.63) is 102 Å². The van der Waals surface area contributed by atoms with Crippen molar-refractivity contribution in [2.45, 2.75) is 13.0 Å². The van der Waals surface area contributed by atoms with Gasteiger partial charge < -0.3 is 4.74 Å². The number of rotatable bonds is 6. The lowest BCUT2D eigenvalue weighted by Gasteiger charge is -2.14. The number of thiazole rings is 1. The fourth-order valence-electron chi connectivity index (χ4n) is 3.67. The minimum absolute atomic E-state index is 0.264. The third-order valence-electron chi connectivity index (χ3n) is 5.53. The molecule has 5 rings (SSSR count). The molecule has 8 heteroatoms. The molecule has 0 aliphatic rings. The minimum Gasteiger partial charge on any atom is -0.449 e. The van der Waals surface area contributed by atoms with Gasteiger partial charge >= 0.3 is 5.97 Å². The van der Waals surface area contributed by atoms with Crippen LogP contribution in [-0.2, 0) is 9.53 Å². The first-order chi connectivity index (χ1) is 17.5. The molecule has 5 aromatic rings. The maximum absolute atomic E-state index is 13.4. The molecule has 1 atom stereocenters. The molecular formula is C28H20FN3O3S. The van der Waals surface area contributed by atoms with Gasteiger partial charge in [-0.05, 0) is 43.3 Å². The molecule has 0 spiro atoms. The molecule has 0 saturated heterocycles. The largest absolute Gasteiger partial charge is 0.449 e. The molecule has 1 amide bonds. The SMILES string of the molecule is CC(OC(=O)c1cc(-c2ccc(F)cc2)nc2ccccc12)C(=O)Nc1nc(-c2ccccc2)cs1. The van der Waals surface area contributed by atoms with E-state index < -0.39 is 18.0 Å². The Hall–Kier alpha value is -4.43. The second-order valence-corrected chi connectivity index (χ2v) is 8.88. The summed E-state index contributed by atoms with van der Waals surface area (Å²) in [6.07, 6.45) is -1.07. The van der Waals surface area contributed by atoms with Crippen LogP contribution in [0.1, 0.15) is 17.3 Å². The maximum atomic E-state index is 13.4. The monoisotopic (exact) mass is 497 g/mol. The van der Waals surface area contributed by atoms with Crippen LogP contribution in [0, 0.1) is 5.82 Å². The van der Waals surface area contributed by atoms with Gasteiger partial charge in [-0.1, -0.05) is 48.5 Å². The molecular weight excluding hydrogens is 477 g/mol. The van der Waals surface area contributed by atoms with Crippen LogP contribution in [-0.4, -0.2) is 27.9 Å². The molecule has 0 bridgehead atoms. The van der Waals surface area contributed by atoms with Crippen molar-refractivity contribution in [2.75, 3.05) is 5.32 Å². The number of halogens is 1. The number of nitrogens with one attached hydrogen (secondary N) is 1. The third-order valence-corrected chi connectivity index (χ3v) is 6.29. The molecule has 0 radical (unpaired) electrons. The van der Waals surface area contributed by atoms with Gasteiger partial charge in [-0.2, -0.15) is 0 Å². The predicted molar refractivity (Wildman–Crippen MR) is 138 cm³/mol. The lowest BCUT2D eigenvalue weighted by atomic mass is 10.0. The highest BCUT2D eigenvalue weighted by molar-refractivity contribution is 7.14. The number of carbonyl (C=O) groups is 2. The van der Waals surface area contributed by atoms with Crippen molar-refractivity contribution in [2.24, 2.45) is 0 Å². The number of pyridine rings is 1. The van der Waals surface area contributed by atoms with Crippen LogP contribution in [0.5, 0.6) is 0 Å². The van der Waals surface area contributed by atoms with Crippen LogP contribution in [0.4, 0.5) is 9.52 Å². The lowest BCUT2D eigenvalue weighted by molar-refractivity contribution is -0.123. The first-order valence-corrected chi connectivity index (χ1v) is 12.0. The second kappa shape index (κ2) is 10.1. The van der Waals surface area contributed by atoms with Gasteiger partial charge in [0.15, 0.2) is 11.2 Å². The van der Waals surface area contributed by atoms with E-state index in [0.29, 0.717) is 27.3 Å². The molecule has 2 aromatic heterocycles. The molecule has 0 saturated carbocycles. The summed E-state index contributed by atoms with van der Waals surface area (Å²) in [5, 5.41) is 5.56. The molecule has 0 fully saturated rings. The normalized spacial score (nSPS) is 11.7. The lowest BCUT2D eigenvalue weighted by Crippen LogP contribution is -2.30. The molecule has 178 valence electrons. The van der Waals surface area contributed by atoms with Gasteiger partial charge in [0.25, 0.3) is 5.91 Å². The zero-order valence-electron chi connectivity index (χ0n) is 19.1. The number of aromatic nitrogens is 2. The topological polar surface area (TPSA) is 81.2 Å². The van der Waals surface area contributed by atoms with Crippen molar-refractivity contribution < 1.29 is 18.7 Å². The Balaban J connectivity index is 1.35. The van der Waals surface area contributed by atoms with Crippen LogP contribution >= 0.6 is 11.3 Å². The molecule has 0 aliphatic carbocycles. The average Bonchev–Trinajstić information content (AvgIpc) is 3.37. The summed E-state index contributed by atoms with van der Waals surface area (Å²) in [6.45, 7) is 1.50.